The van der Waals surface area contributed by atoms with Gasteiger partial charge in [-0.15, -0.1) is 0 Å². The monoisotopic (exact) mass is 267 g/mol. The summed E-state index contributed by atoms with van der Waals surface area (Å²) >= 11 is 0. The molecule has 0 aliphatic carbocycles. The van der Waals surface area contributed by atoms with Crippen LogP contribution in [0.4, 0.5) is 14.5 Å². The molecule has 0 amide bonds. The van der Waals surface area contributed by atoms with E-state index in [4.69, 9.17) is 0 Å². The average Bonchev–Trinajstić information content (AvgIpc) is 2.64. The van der Waals surface area contributed by atoms with Crippen molar-refractivity contribution in [2.45, 2.75) is 46.5 Å². The van der Waals surface area contributed by atoms with Crippen LogP contribution in [0.1, 0.15) is 46.6 Å². The maximum atomic E-state index is 13.7. The Bertz CT molecular complexity index is 490. The molecule has 106 valence electrons. The molecule has 3 heteroatoms. The first kappa shape index (κ1) is 14.3. The minimum atomic E-state index is -0.752. The van der Waals surface area contributed by atoms with Gasteiger partial charge in [0.1, 0.15) is 0 Å². The van der Waals surface area contributed by atoms with Crippen LogP contribution in [0, 0.1) is 17.0 Å². The van der Waals surface area contributed by atoms with Gasteiger partial charge < -0.3 is 4.90 Å². The van der Waals surface area contributed by atoms with Crippen molar-refractivity contribution in [1.82, 2.24) is 0 Å². The van der Waals surface area contributed by atoms with E-state index < -0.39 is 11.6 Å². The zero-order valence-electron chi connectivity index (χ0n) is 12.5. The van der Waals surface area contributed by atoms with Crippen molar-refractivity contribution in [1.29, 1.82) is 0 Å². The highest BCUT2D eigenvalue weighted by atomic mass is 19.2. The number of hydrogen-bond acceptors (Lipinski definition) is 1. The molecular formula is C16H23F2N. The fraction of sp³-hybridized carbons (Fsp3) is 0.625. The van der Waals surface area contributed by atoms with Crippen LogP contribution < -0.4 is 4.90 Å². The van der Waals surface area contributed by atoms with Gasteiger partial charge in [-0.25, -0.2) is 8.78 Å². The summed E-state index contributed by atoms with van der Waals surface area (Å²) < 4.78 is 27.2. The van der Waals surface area contributed by atoms with Gasteiger partial charge in [0.25, 0.3) is 0 Å². The van der Waals surface area contributed by atoms with Gasteiger partial charge in [0.2, 0.25) is 0 Å². The Morgan fingerprint density at radius 3 is 2.21 bits per heavy atom. The standard InChI is InChI=1S/C16H23F2N/c1-6-16(15(3,4)5)10-19(7-2)14-9-13(18)12(17)8-11(14)16/h8-9H,6-7,10H2,1-5H3. The number of nitrogens with zero attached hydrogens (tertiary/aromatic N) is 1. The largest absolute Gasteiger partial charge is 0.371 e. The topological polar surface area (TPSA) is 3.24 Å². The summed E-state index contributed by atoms with van der Waals surface area (Å²) in [5.74, 6) is -1.49. The van der Waals surface area contributed by atoms with Gasteiger partial charge in [0.15, 0.2) is 11.6 Å². The van der Waals surface area contributed by atoms with Gasteiger partial charge in [0.05, 0.1) is 0 Å². The van der Waals surface area contributed by atoms with Crippen LogP contribution in [-0.2, 0) is 5.41 Å². The molecule has 0 saturated heterocycles. The van der Waals surface area contributed by atoms with E-state index in [0.717, 1.165) is 30.8 Å². The van der Waals surface area contributed by atoms with Crippen molar-refractivity contribution in [3.05, 3.63) is 29.3 Å². The van der Waals surface area contributed by atoms with Crippen molar-refractivity contribution in [3.8, 4) is 0 Å². The van der Waals surface area contributed by atoms with Gasteiger partial charge in [-0.3, -0.25) is 0 Å². The summed E-state index contributed by atoms with van der Waals surface area (Å²) in [6.45, 7) is 12.4. The Hall–Kier alpha value is -1.12. The number of fused-ring (bicyclic) bond motifs is 1. The molecule has 0 saturated carbocycles. The third kappa shape index (κ3) is 1.94. The highest BCUT2D eigenvalue weighted by molar-refractivity contribution is 5.63. The van der Waals surface area contributed by atoms with Crippen molar-refractivity contribution >= 4 is 5.69 Å². The summed E-state index contributed by atoms with van der Waals surface area (Å²) in [6.07, 6.45) is 0.922. The van der Waals surface area contributed by atoms with Crippen LogP contribution >= 0.6 is 0 Å². The second-order valence-corrected chi connectivity index (χ2v) is 6.48. The number of likely N-dealkylation sites (N-methyl/N-ethyl adjacent to an activating group) is 1. The van der Waals surface area contributed by atoms with Crippen LogP contribution in [0.25, 0.3) is 0 Å². The third-order valence-electron chi connectivity index (χ3n) is 4.78. The lowest BCUT2D eigenvalue weighted by Crippen LogP contribution is -2.43. The lowest BCUT2D eigenvalue weighted by Gasteiger charge is -2.42. The van der Waals surface area contributed by atoms with E-state index in [9.17, 15) is 8.78 Å². The summed E-state index contributed by atoms with van der Waals surface area (Å²) in [4.78, 5) is 2.16. The van der Waals surface area contributed by atoms with Crippen molar-refractivity contribution in [2.75, 3.05) is 18.0 Å². The molecule has 1 atom stereocenters. The van der Waals surface area contributed by atoms with E-state index in [0.29, 0.717) is 0 Å². The van der Waals surface area contributed by atoms with Crippen molar-refractivity contribution in [3.63, 3.8) is 0 Å². The lowest BCUT2D eigenvalue weighted by molar-refractivity contribution is 0.190. The zero-order valence-corrected chi connectivity index (χ0v) is 12.5. The zero-order chi connectivity index (χ0) is 14.4. The molecule has 2 rings (SSSR count). The quantitative estimate of drug-likeness (QED) is 0.762. The highest BCUT2D eigenvalue weighted by Crippen LogP contribution is 2.53. The molecule has 1 nitrogen and oxygen atoms in total. The first-order valence-corrected chi connectivity index (χ1v) is 7.01. The number of rotatable bonds is 2. The maximum Gasteiger partial charge on any atom is 0.160 e. The van der Waals surface area contributed by atoms with Gasteiger partial charge in [0, 0.05) is 30.3 Å². The van der Waals surface area contributed by atoms with Gasteiger partial charge >= 0.3 is 0 Å². The molecule has 0 radical (unpaired) electrons. The molecule has 1 aromatic carbocycles. The SMILES string of the molecule is CCN1CC(CC)(C(C)(C)C)c2cc(F)c(F)cc21. The average molecular weight is 267 g/mol. The fourth-order valence-corrected chi connectivity index (χ4v) is 3.43. The van der Waals surface area contributed by atoms with Crippen LogP contribution in [-0.4, -0.2) is 13.1 Å². The number of halogens is 2. The highest BCUT2D eigenvalue weighted by Gasteiger charge is 2.49. The Labute approximate surface area is 114 Å². The Kier molecular flexibility index (Phi) is 3.36. The van der Waals surface area contributed by atoms with Crippen LogP contribution in [0.3, 0.4) is 0 Å². The maximum absolute atomic E-state index is 13.7. The second kappa shape index (κ2) is 4.46. The van der Waals surface area contributed by atoms with Crippen LogP contribution in [0.5, 0.6) is 0 Å². The van der Waals surface area contributed by atoms with E-state index in [2.05, 4.69) is 39.5 Å². The smallest absolute Gasteiger partial charge is 0.160 e. The van der Waals surface area contributed by atoms with Gasteiger partial charge in [-0.1, -0.05) is 27.7 Å². The first-order valence-electron chi connectivity index (χ1n) is 7.01. The summed E-state index contributed by atoms with van der Waals surface area (Å²) in [5.41, 5.74) is 1.71. The van der Waals surface area contributed by atoms with Crippen molar-refractivity contribution < 1.29 is 8.78 Å². The van der Waals surface area contributed by atoms with Crippen molar-refractivity contribution in [2.24, 2.45) is 5.41 Å². The molecule has 1 unspecified atom stereocenters. The Morgan fingerprint density at radius 2 is 1.74 bits per heavy atom. The number of hydrogen-bond donors (Lipinski definition) is 0. The van der Waals surface area contributed by atoms with E-state index in [1.54, 1.807) is 0 Å². The van der Waals surface area contributed by atoms with E-state index in [1.165, 1.54) is 12.1 Å². The molecule has 1 heterocycles. The predicted molar refractivity (Wildman–Crippen MR) is 75.7 cm³/mol. The van der Waals surface area contributed by atoms with Crippen LogP contribution in [0.2, 0.25) is 0 Å². The minimum absolute atomic E-state index is 0.00465. The molecule has 0 N–H and O–H groups in total. The lowest BCUT2D eigenvalue weighted by atomic mass is 9.62. The molecule has 0 bridgehead atoms. The van der Waals surface area contributed by atoms with E-state index >= 15 is 0 Å². The summed E-state index contributed by atoms with van der Waals surface area (Å²) in [6, 6.07) is 2.77. The molecular weight excluding hydrogens is 244 g/mol. The van der Waals surface area contributed by atoms with E-state index in [1.807, 2.05) is 0 Å². The van der Waals surface area contributed by atoms with Crippen LogP contribution in [0.15, 0.2) is 12.1 Å². The number of anilines is 1. The summed E-state index contributed by atoms with van der Waals surface area (Å²) in [5, 5.41) is 0. The molecule has 1 aromatic rings. The Balaban J connectivity index is 2.69. The first-order chi connectivity index (χ1) is 8.76. The molecule has 0 fully saturated rings. The normalized spacial score (nSPS) is 22.8. The minimum Gasteiger partial charge on any atom is -0.371 e. The predicted octanol–water partition coefficient (Wildman–Crippen LogP) is 4.50. The molecule has 0 spiro atoms. The molecule has 1 aliphatic rings. The van der Waals surface area contributed by atoms with E-state index in [-0.39, 0.29) is 10.8 Å². The van der Waals surface area contributed by atoms with Gasteiger partial charge in [-0.2, -0.15) is 0 Å². The molecule has 1 aliphatic heterocycles. The molecule has 19 heavy (non-hydrogen) atoms. The molecule has 0 aromatic heterocycles. The second-order valence-electron chi connectivity index (χ2n) is 6.48. The van der Waals surface area contributed by atoms with Gasteiger partial charge in [-0.05, 0) is 30.4 Å². The third-order valence-corrected chi connectivity index (χ3v) is 4.78. The number of benzene rings is 1. The summed E-state index contributed by atoms with van der Waals surface area (Å²) in [7, 11) is 0. The Morgan fingerprint density at radius 1 is 1.16 bits per heavy atom. The fourth-order valence-electron chi connectivity index (χ4n) is 3.43.